The van der Waals surface area contributed by atoms with E-state index < -0.39 is 45.9 Å². The molecule has 0 amide bonds. The predicted molar refractivity (Wildman–Crippen MR) is 112 cm³/mol. The smallest absolute Gasteiger partial charge is 0.341 e. The number of halogens is 5. The number of carbonyl (C=O) groups excluding carboxylic acids is 1. The van der Waals surface area contributed by atoms with Crippen molar-refractivity contribution in [3.8, 4) is 10.4 Å². The highest BCUT2D eigenvalue weighted by Crippen LogP contribution is 2.36. The second-order valence-electron chi connectivity index (χ2n) is 5.96. The lowest BCUT2D eigenvalue weighted by Crippen LogP contribution is -2.22. The van der Waals surface area contributed by atoms with Crippen LogP contribution in [0.25, 0.3) is 10.4 Å². The van der Waals surface area contributed by atoms with E-state index in [4.69, 9.17) is 17.0 Å². The molecular formula is C20H13F5N2O2S2. The lowest BCUT2D eigenvalue weighted by molar-refractivity contribution is 0.0528. The van der Waals surface area contributed by atoms with Crippen molar-refractivity contribution in [3.63, 3.8) is 0 Å². The van der Waals surface area contributed by atoms with Crippen LogP contribution in [0.4, 0.5) is 32.6 Å². The molecule has 0 aliphatic heterocycles. The van der Waals surface area contributed by atoms with Crippen molar-refractivity contribution < 1.29 is 31.5 Å². The molecule has 2 aromatic carbocycles. The Morgan fingerprint density at radius 3 is 2.13 bits per heavy atom. The Bertz CT molecular complexity index is 1120. The van der Waals surface area contributed by atoms with E-state index >= 15 is 0 Å². The van der Waals surface area contributed by atoms with Crippen LogP contribution in [0.2, 0.25) is 0 Å². The molecule has 162 valence electrons. The van der Waals surface area contributed by atoms with Gasteiger partial charge in [0.15, 0.2) is 28.4 Å². The quantitative estimate of drug-likeness (QED) is 0.155. The van der Waals surface area contributed by atoms with Gasteiger partial charge in [0.2, 0.25) is 5.82 Å². The molecular weight excluding hydrogens is 459 g/mol. The van der Waals surface area contributed by atoms with Crippen LogP contribution in [0.3, 0.4) is 0 Å². The lowest BCUT2D eigenvalue weighted by atomic mass is 10.1. The van der Waals surface area contributed by atoms with Crippen molar-refractivity contribution in [1.29, 1.82) is 0 Å². The van der Waals surface area contributed by atoms with Crippen molar-refractivity contribution in [2.24, 2.45) is 0 Å². The lowest BCUT2D eigenvalue weighted by Gasteiger charge is -2.13. The summed E-state index contributed by atoms with van der Waals surface area (Å²) in [5.41, 5.74) is -0.441. The first-order valence-corrected chi connectivity index (χ1v) is 9.92. The molecule has 1 aromatic heterocycles. The van der Waals surface area contributed by atoms with Crippen LogP contribution >= 0.6 is 23.6 Å². The molecule has 0 spiro atoms. The molecule has 0 aliphatic carbocycles. The first-order valence-electron chi connectivity index (χ1n) is 8.70. The Balaban J connectivity index is 1.92. The Hall–Kier alpha value is -3.05. The van der Waals surface area contributed by atoms with E-state index in [9.17, 15) is 26.7 Å². The molecule has 0 aliphatic rings. The van der Waals surface area contributed by atoms with Crippen LogP contribution in [0.5, 0.6) is 0 Å². The molecule has 0 unspecified atom stereocenters. The number of anilines is 2. The van der Waals surface area contributed by atoms with Gasteiger partial charge in [0.1, 0.15) is 10.7 Å². The normalized spacial score (nSPS) is 10.6. The molecule has 0 saturated heterocycles. The van der Waals surface area contributed by atoms with E-state index in [1.54, 1.807) is 37.3 Å². The van der Waals surface area contributed by atoms with Crippen LogP contribution in [0.1, 0.15) is 17.3 Å². The average molecular weight is 472 g/mol. The molecule has 0 bridgehead atoms. The number of hydrogen-bond acceptors (Lipinski definition) is 4. The summed E-state index contributed by atoms with van der Waals surface area (Å²) in [7, 11) is 0. The summed E-state index contributed by atoms with van der Waals surface area (Å²) >= 11 is 6.04. The molecule has 0 atom stereocenters. The van der Waals surface area contributed by atoms with Gasteiger partial charge >= 0.3 is 5.97 Å². The average Bonchev–Trinajstić information content (AvgIpc) is 3.18. The third-order valence-corrected chi connectivity index (χ3v) is 5.26. The zero-order chi connectivity index (χ0) is 22.7. The summed E-state index contributed by atoms with van der Waals surface area (Å²) in [5, 5.41) is 4.20. The number of rotatable bonds is 5. The molecule has 4 nitrogen and oxygen atoms in total. The maximum Gasteiger partial charge on any atom is 0.341 e. The van der Waals surface area contributed by atoms with Crippen molar-refractivity contribution in [3.05, 3.63) is 71.0 Å². The van der Waals surface area contributed by atoms with Gasteiger partial charge in [0, 0.05) is 4.88 Å². The van der Waals surface area contributed by atoms with Gasteiger partial charge in [-0.2, -0.15) is 0 Å². The molecule has 11 heteroatoms. The molecule has 0 fully saturated rings. The van der Waals surface area contributed by atoms with Crippen molar-refractivity contribution in [2.75, 3.05) is 17.2 Å². The number of thiophene rings is 1. The standard InChI is InChI=1S/C20H13F5N2O2S2/c1-2-29-19(28)10-8-11(9-6-4-3-5-7-9)31-18(10)27-20(30)26-17-15(24)13(22)12(21)14(23)16(17)25/h3-8H,2H2,1H3,(H2,26,27,30). The fraction of sp³-hybridized carbons (Fsp3) is 0.100. The molecule has 1 heterocycles. The summed E-state index contributed by atoms with van der Waals surface area (Å²) < 4.78 is 72.8. The molecule has 3 aromatic rings. The monoisotopic (exact) mass is 472 g/mol. The second-order valence-corrected chi connectivity index (χ2v) is 7.42. The number of ether oxygens (including phenoxy) is 1. The van der Waals surface area contributed by atoms with E-state index in [0.29, 0.717) is 4.88 Å². The summed E-state index contributed by atoms with van der Waals surface area (Å²) in [5.74, 6) is -11.3. The van der Waals surface area contributed by atoms with Crippen molar-refractivity contribution in [1.82, 2.24) is 0 Å². The van der Waals surface area contributed by atoms with Crippen LogP contribution < -0.4 is 10.6 Å². The molecule has 3 rings (SSSR count). The van der Waals surface area contributed by atoms with Crippen molar-refractivity contribution in [2.45, 2.75) is 6.92 Å². The minimum atomic E-state index is -2.28. The maximum absolute atomic E-state index is 13.9. The molecule has 2 N–H and O–H groups in total. The van der Waals surface area contributed by atoms with Gasteiger partial charge in [-0.25, -0.2) is 26.7 Å². The van der Waals surface area contributed by atoms with Crippen molar-refractivity contribution >= 4 is 45.3 Å². The van der Waals surface area contributed by atoms with Gasteiger partial charge in [-0.05, 0) is 30.8 Å². The highest BCUT2D eigenvalue weighted by atomic mass is 32.1. The maximum atomic E-state index is 13.9. The first-order chi connectivity index (χ1) is 14.7. The van der Waals surface area contributed by atoms with Crippen LogP contribution in [-0.2, 0) is 4.74 Å². The number of nitrogens with one attached hydrogen (secondary N) is 2. The van der Waals surface area contributed by atoms with Gasteiger partial charge < -0.3 is 15.4 Å². The number of benzene rings is 2. The van der Waals surface area contributed by atoms with Gasteiger partial charge in [0.05, 0.1) is 12.2 Å². The number of esters is 1. The van der Waals surface area contributed by atoms with E-state index in [0.717, 1.165) is 16.9 Å². The third-order valence-electron chi connectivity index (χ3n) is 3.96. The van der Waals surface area contributed by atoms with E-state index in [2.05, 4.69) is 5.32 Å². The number of hydrogen-bond donors (Lipinski definition) is 2. The number of carbonyl (C=O) groups is 1. The summed E-state index contributed by atoms with van der Waals surface area (Å²) in [6.07, 6.45) is 0. The summed E-state index contributed by atoms with van der Waals surface area (Å²) in [6, 6.07) is 10.5. The highest BCUT2D eigenvalue weighted by molar-refractivity contribution is 7.80. The van der Waals surface area contributed by atoms with Crippen LogP contribution in [0, 0.1) is 29.1 Å². The Morgan fingerprint density at radius 1 is 0.968 bits per heavy atom. The van der Waals surface area contributed by atoms with Gasteiger partial charge in [-0.15, -0.1) is 11.3 Å². The van der Waals surface area contributed by atoms with Crippen LogP contribution in [-0.4, -0.2) is 17.7 Å². The van der Waals surface area contributed by atoms with Gasteiger partial charge in [-0.3, -0.25) is 0 Å². The van der Waals surface area contributed by atoms with Crippen LogP contribution in [0.15, 0.2) is 36.4 Å². The zero-order valence-electron chi connectivity index (χ0n) is 15.7. The van der Waals surface area contributed by atoms with Gasteiger partial charge in [0.25, 0.3) is 0 Å². The first kappa shape index (κ1) is 22.6. The molecule has 0 radical (unpaired) electrons. The van der Waals surface area contributed by atoms with Gasteiger partial charge in [-0.1, -0.05) is 30.3 Å². The predicted octanol–water partition coefficient (Wildman–Crippen LogP) is 6.10. The number of thiocarbonyl (C=S) groups is 1. The molecule has 31 heavy (non-hydrogen) atoms. The fourth-order valence-corrected chi connectivity index (χ4v) is 3.88. The minimum Gasteiger partial charge on any atom is -0.462 e. The van der Waals surface area contributed by atoms with E-state index in [-0.39, 0.29) is 17.2 Å². The molecule has 0 saturated carbocycles. The summed E-state index contributed by atoms with van der Waals surface area (Å²) in [6.45, 7) is 1.72. The topological polar surface area (TPSA) is 50.4 Å². The minimum absolute atomic E-state index is 0.0901. The Morgan fingerprint density at radius 2 is 1.55 bits per heavy atom. The highest BCUT2D eigenvalue weighted by Gasteiger charge is 2.27. The van der Waals surface area contributed by atoms with E-state index in [1.807, 2.05) is 11.4 Å². The fourth-order valence-electron chi connectivity index (χ4n) is 2.55. The Labute approximate surface area is 182 Å². The zero-order valence-corrected chi connectivity index (χ0v) is 17.3. The SMILES string of the molecule is CCOC(=O)c1cc(-c2ccccc2)sc1NC(=S)Nc1c(F)c(F)c(F)c(F)c1F. The second kappa shape index (κ2) is 9.40. The summed E-state index contributed by atoms with van der Waals surface area (Å²) in [4.78, 5) is 13.0. The Kier molecular flexibility index (Phi) is 6.86. The largest absolute Gasteiger partial charge is 0.462 e. The van der Waals surface area contributed by atoms with E-state index in [1.165, 1.54) is 0 Å². The third kappa shape index (κ3) is 4.67.